The number of nitrogens with one attached hydrogen (secondary N) is 4. The zero-order chi connectivity index (χ0) is 52.5. The Morgan fingerprint density at radius 2 is 1.67 bits per heavy atom. The van der Waals surface area contributed by atoms with Crippen molar-refractivity contribution in [2.45, 2.75) is 176 Å². The number of likely N-dealkylation sites (tertiary alicyclic amines) is 1. The van der Waals surface area contributed by atoms with Crippen LogP contribution in [0.15, 0.2) is 29.6 Å². The third kappa shape index (κ3) is 19.2. The van der Waals surface area contributed by atoms with E-state index >= 15 is 0 Å². The number of anilines is 1. The van der Waals surface area contributed by atoms with E-state index in [2.05, 4.69) is 33.2 Å². The van der Waals surface area contributed by atoms with Gasteiger partial charge in [-0.05, 0) is 122 Å². The highest BCUT2D eigenvalue weighted by atomic mass is 32.1. The van der Waals surface area contributed by atoms with Gasteiger partial charge in [0.15, 0.2) is 6.10 Å². The number of carbonyl (C=O) groups excluding carboxylic acids is 6. The van der Waals surface area contributed by atoms with Crippen LogP contribution < -0.4 is 27.0 Å². The molecular weight excluding hydrogens is 917 g/mol. The number of nitrogens with zero attached hydrogens (tertiary/aromatic N) is 3. The molecule has 2 aromatic rings. The molecule has 7 N–H and O–H groups in total. The van der Waals surface area contributed by atoms with Gasteiger partial charge in [-0.25, -0.2) is 9.78 Å². The Balaban J connectivity index is 1.73. The lowest BCUT2D eigenvalue weighted by atomic mass is 9.90. The van der Waals surface area contributed by atoms with Gasteiger partial charge in [-0.3, -0.25) is 33.7 Å². The van der Waals surface area contributed by atoms with Gasteiger partial charge in [0.1, 0.15) is 22.3 Å². The average molecular weight is 999 g/mol. The molecule has 1 fully saturated rings. The minimum atomic E-state index is -1.02. The number of carbonyl (C=O) groups is 7. The van der Waals surface area contributed by atoms with E-state index in [0.29, 0.717) is 61.8 Å². The number of unbranched alkanes of at least 4 members (excludes halogenated alkanes) is 1. The van der Waals surface area contributed by atoms with Crippen LogP contribution in [0.1, 0.15) is 155 Å². The first-order valence-corrected chi connectivity index (χ1v) is 25.8. The zero-order valence-corrected chi connectivity index (χ0v) is 44.4. The Labute approximate surface area is 419 Å². The molecule has 19 heteroatoms. The lowest BCUT2D eigenvalue weighted by Crippen LogP contribution is -2.59. The van der Waals surface area contributed by atoms with E-state index in [1.807, 2.05) is 46.6 Å². The highest BCUT2D eigenvalue weighted by molar-refractivity contribution is 7.09. The van der Waals surface area contributed by atoms with E-state index in [9.17, 15) is 38.7 Å². The fourth-order valence-electron chi connectivity index (χ4n) is 8.50. The van der Waals surface area contributed by atoms with Crippen molar-refractivity contribution in [2.75, 3.05) is 32.0 Å². The number of piperidine rings is 1. The predicted molar refractivity (Wildman–Crippen MR) is 271 cm³/mol. The van der Waals surface area contributed by atoms with E-state index in [4.69, 9.17) is 15.2 Å². The number of thiazole rings is 1. The molecule has 1 aliphatic heterocycles. The molecule has 18 nitrogen and oxygen atoms in total. The molecule has 0 bridgehead atoms. The van der Waals surface area contributed by atoms with Crippen molar-refractivity contribution < 1.29 is 48.1 Å². The molecule has 0 radical (unpaired) electrons. The maximum atomic E-state index is 14.6. The second kappa shape index (κ2) is 28.0. The first-order chi connectivity index (χ1) is 32.8. The van der Waals surface area contributed by atoms with Gasteiger partial charge < -0.3 is 46.5 Å². The number of benzene rings is 1. The van der Waals surface area contributed by atoms with Crippen molar-refractivity contribution in [3.63, 3.8) is 0 Å². The van der Waals surface area contributed by atoms with Gasteiger partial charge in [0.25, 0.3) is 5.91 Å². The van der Waals surface area contributed by atoms with Crippen molar-refractivity contribution in [3.05, 3.63) is 45.9 Å². The van der Waals surface area contributed by atoms with Crippen molar-refractivity contribution in [1.29, 1.82) is 0 Å². The van der Waals surface area contributed by atoms with E-state index in [1.165, 1.54) is 6.92 Å². The van der Waals surface area contributed by atoms with E-state index in [-0.39, 0.29) is 60.6 Å². The number of hydrogen-bond acceptors (Lipinski definition) is 13. The summed E-state index contributed by atoms with van der Waals surface area (Å²) in [5.41, 5.74) is 6.90. The molecule has 70 heavy (non-hydrogen) atoms. The van der Waals surface area contributed by atoms with E-state index in [1.54, 1.807) is 62.2 Å². The predicted octanol–water partition coefficient (Wildman–Crippen LogP) is 6.68. The normalized spacial score (nSPS) is 18.3. The smallest absolute Gasteiger partial charge is 0.407 e. The number of aromatic nitrogens is 1. The number of hydrogen-bond donors (Lipinski definition) is 6. The average Bonchev–Trinajstić information content (AvgIpc) is 3.78. The zero-order valence-electron chi connectivity index (χ0n) is 43.6. The maximum Gasteiger partial charge on any atom is 0.407 e. The van der Waals surface area contributed by atoms with Gasteiger partial charge in [0.2, 0.25) is 17.7 Å². The van der Waals surface area contributed by atoms with Gasteiger partial charge in [-0.1, -0.05) is 60.1 Å². The van der Waals surface area contributed by atoms with Crippen LogP contribution in [0.3, 0.4) is 0 Å². The molecule has 0 unspecified atom stereocenters. The molecule has 1 aromatic heterocycles. The number of carboxylic acid groups (broad SMARTS) is 1. The summed E-state index contributed by atoms with van der Waals surface area (Å²) in [6, 6.07) is 4.05. The molecule has 5 amide bonds. The van der Waals surface area contributed by atoms with Crippen molar-refractivity contribution in [2.24, 2.45) is 29.4 Å². The molecule has 9 atom stereocenters. The second-order valence-corrected chi connectivity index (χ2v) is 21.3. The molecule has 1 aromatic carbocycles. The first-order valence-electron chi connectivity index (χ1n) is 24.9. The standard InChI is InChI=1S/C51H82N8O10S/c1-13-32(6)43(57-46(63)41-25-31(5)22-24-58(41)12)48(64)59(14-2)40(30(3)4)28-42(68-34(8)60)47-56-39(29-70-47)45(62)55-37(26-33(7)49(65)66)27-35-18-20-36(21-19-35)54-44(61)38(52)17-15-16-23-53-50(67)69-51(9,10)11/h18-21,29-33,37-38,40-43H,13-17,22-28,52H2,1-12H3,(H,53,67)(H,54,61)(H,55,62)(H,57,63)(H,65,66)/t31-,32+,33+,37-,38+,40-,41-,42-,43+/m1/s1. The maximum absolute atomic E-state index is 14.6. The molecule has 1 aliphatic rings. The van der Waals surface area contributed by atoms with Crippen LogP contribution in [0.4, 0.5) is 10.5 Å². The molecule has 0 spiro atoms. The summed E-state index contributed by atoms with van der Waals surface area (Å²) in [7, 11) is 1.94. The van der Waals surface area contributed by atoms with E-state index in [0.717, 1.165) is 29.9 Å². The fraction of sp³-hybridized carbons (Fsp3) is 0.686. The summed E-state index contributed by atoms with van der Waals surface area (Å²) < 4.78 is 11.1. The summed E-state index contributed by atoms with van der Waals surface area (Å²) >= 11 is 1.14. The molecule has 3 rings (SSSR count). The Morgan fingerprint density at radius 1 is 1.00 bits per heavy atom. The monoisotopic (exact) mass is 999 g/mol. The molecule has 392 valence electrons. The number of carboxylic acids is 1. The van der Waals surface area contributed by atoms with Crippen LogP contribution >= 0.6 is 11.3 Å². The van der Waals surface area contributed by atoms with E-state index < -0.39 is 65.7 Å². The molecule has 0 aliphatic carbocycles. The van der Waals surface area contributed by atoms with Gasteiger partial charge in [-0.15, -0.1) is 11.3 Å². The summed E-state index contributed by atoms with van der Waals surface area (Å²) in [5, 5.41) is 23.3. The Bertz CT molecular complexity index is 2040. The van der Waals surface area contributed by atoms with Crippen LogP contribution in [-0.2, 0) is 39.9 Å². The van der Waals surface area contributed by atoms with Crippen LogP contribution in [0.25, 0.3) is 0 Å². The number of aliphatic carboxylic acids is 1. The molecular formula is C51H82N8O10S. The van der Waals surface area contributed by atoms with Crippen LogP contribution in [0.5, 0.6) is 0 Å². The number of amides is 5. The lowest BCUT2D eigenvalue weighted by Gasteiger charge is -2.40. The fourth-order valence-corrected chi connectivity index (χ4v) is 9.34. The highest BCUT2D eigenvalue weighted by Crippen LogP contribution is 2.32. The first kappa shape index (κ1) is 59.2. The number of alkyl carbamates (subject to hydrolysis) is 1. The van der Waals surface area contributed by atoms with Crippen LogP contribution in [0, 0.1) is 23.7 Å². The summed E-state index contributed by atoms with van der Waals surface area (Å²) in [4.78, 5) is 99.9. The SMILES string of the molecule is CC[C@H](C)[C@H](NC(=O)[C@H]1C[C@H](C)CCN1C)C(=O)N(CC)[C@H](C[C@@H](OC(C)=O)c1nc(C(=O)N[C@@H](Cc2ccc(NC(=O)[C@@H](N)CCCCNC(=O)OC(C)(C)C)cc2)C[C@H](C)C(=O)O)cs1)C(C)C. The summed E-state index contributed by atoms with van der Waals surface area (Å²) in [6.07, 6.45) is 3.18. The van der Waals surface area contributed by atoms with Crippen molar-refractivity contribution in [3.8, 4) is 0 Å². The Kier molecular flexibility index (Phi) is 23.7. The number of nitrogens with two attached hydrogens (primary N) is 1. The second-order valence-electron chi connectivity index (χ2n) is 20.4. The molecule has 1 saturated heterocycles. The van der Waals surface area contributed by atoms with Gasteiger partial charge >= 0.3 is 18.0 Å². The molecule has 0 saturated carbocycles. The minimum Gasteiger partial charge on any atom is -0.481 e. The highest BCUT2D eigenvalue weighted by Gasteiger charge is 2.39. The Morgan fingerprint density at radius 3 is 2.26 bits per heavy atom. The summed E-state index contributed by atoms with van der Waals surface area (Å²) in [5.74, 6) is -3.50. The number of likely N-dealkylation sites (N-methyl/N-ethyl adjacent to an activating group) is 2. The third-order valence-corrected chi connectivity index (χ3v) is 13.8. The van der Waals surface area contributed by atoms with Gasteiger partial charge in [0, 0.05) is 49.6 Å². The Hall–Kier alpha value is -5.14. The van der Waals surface area contributed by atoms with Gasteiger partial charge in [-0.2, -0.15) is 0 Å². The third-order valence-electron chi connectivity index (χ3n) is 12.8. The van der Waals surface area contributed by atoms with Crippen molar-refractivity contribution >= 4 is 58.7 Å². The summed E-state index contributed by atoms with van der Waals surface area (Å²) in [6.45, 7) is 21.7. The quantitative estimate of drug-likeness (QED) is 0.0425. The van der Waals surface area contributed by atoms with Crippen LogP contribution in [-0.4, -0.2) is 124 Å². The van der Waals surface area contributed by atoms with Gasteiger partial charge in [0.05, 0.1) is 18.0 Å². The number of ether oxygens (including phenoxy) is 2. The lowest BCUT2D eigenvalue weighted by molar-refractivity contribution is -0.149. The van der Waals surface area contributed by atoms with Crippen LogP contribution in [0.2, 0.25) is 0 Å². The largest absolute Gasteiger partial charge is 0.481 e. The van der Waals surface area contributed by atoms with Crippen molar-refractivity contribution in [1.82, 2.24) is 30.7 Å². The minimum absolute atomic E-state index is 0.0601. The number of esters is 1. The molecule has 2 heterocycles. The number of rotatable bonds is 26. The topological polar surface area (TPSA) is 252 Å².